The van der Waals surface area contributed by atoms with E-state index in [1.807, 2.05) is 35.8 Å². The van der Waals surface area contributed by atoms with Crippen molar-refractivity contribution in [3.05, 3.63) is 35.1 Å². The molecular formula is C11H12ClN3O. The normalized spacial score (nSPS) is 10.7. The fourth-order valence-electron chi connectivity index (χ4n) is 1.63. The topological polar surface area (TPSA) is 50.9 Å². The first kappa shape index (κ1) is 11.1. The standard InChI is InChI=1S/C11H12ClN3O/c1-2-15-10(7-16)13-14-11(15)8-5-3-4-6-9(8)12/h3-6,16H,2,7H2,1H3. The average molecular weight is 238 g/mol. The molecule has 0 aliphatic carbocycles. The van der Waals surface area contributed by atoms with Gasteiger partial charge >= 0.3 is 0 Å². The Kier molecular flexibility index (Phi) is 3.22. The Labute approximate surface area is 98.5 Å². The molecule has 0 saturated carbocycles. The molecule has 16 heavy (non-hydrogen) atoms. The molecule has 0 bridgehead atoms. The van der Waals surface area contributed by atoms with Gasteiger partial charge in [0.15, 0.2) is 11.6 Å². The third kappa shape index (κ3) is 1.81. The number of hydrogen-bond acceptors (Lipinski definition) is 3. The van der Waals surface area contributed by atoms with E-state index in [0.29, 0.717) is 23.2 Å². The third-order valence-corrected chi connectivity index (χ3v) is 2.73. The number of benzene rings is 1. The van der Waals surface area contributed by atoms with Gasteiger partial charge in [-0.25, -0.2) is 0 Å². The molecule has 1 aromatic heterocycles. The fraction of sp³-hybridized carbons (Fsp3) is 0.273. The van der Waals surface area contributed by atoms with E-state index < -0.39 is 0 Å². The predicted octanol–water partition coefficient (Wildman–Crippen LogP) is 2.11. The molecule has 2 rings (SSSR count). The molecule has 0 radical (unpaired) electrons. The minimum absolute atomic E-state index is 0.120. The number of aliphatic hydroxyl groups excluding tert-OH is 1. The molecule has 2 aromatic rings. The summed E-state index contributed by atoms with van der Waals surface area (Å²) >= 11 is 6.10. The Balaban J connectivity index is 2.56. The van der Waals surface area contributed by atoms with Gasteiger partial charge in [0.2, 0.25) is 0 Å². The van der Waals surface area contributed by atoms with Crippen LogP contribution in [-0.4, -0.2) is 19.9 Å². The Hall–Kier alpha value is -1.39. The maximum absolute atomic E-state index is 9.12. The molecule has 0 unspecified atom stereocenters. The zero-order valence-corrected chi connectivity index (χ0v) is 9.65. The van der Waals surface area contributed by atoms with Crippen molar-refractivity contribution in [3.63, 3.8) is 0 Å². The van der Waals surface area contributed by atoms with E-state index >= 15 is 0 Å². The van der Waals surface area contributed by atoms with Crippen molar-refractivity contribution in [2.24, 2.45) is 0 Å². The molecular weight excluding hydrogens is 226 g/mol. The Bertz CT molecular complexity index is 496. The van der Waals surface area contributed by atoms with Crippen molar-refractivity contribution < 1.29 is 5.11 Å². The maximum Gasteiger partial charge on any atom is 0.165 e. The molecule has 0 aliphatic rings. The van der Waals surface area contributed by atoms with Crippen LogP contribution in [0.15, 0.2) is 24.3 Å². The van der Waals surface area contributed by atoms with Crippen molar-refractivity contribution in [1.82, 2.24) is 14.8 Å². The second-order valence-electron chi connectivity index (χ2n) is 3.32. The summed E-state index contributed by atoms with van der Waals surface area (Å²) in [5.74, 6) is 1.24. The van der Waals surface area contributed by atoms with Gasteiger partial charge in [-0.05, 0) is 19.1 Å². The van der Waals surface area contributed by atoms with Crippen LogP contribution in [0.2, 0.25) is 5.02 Å². The lowest BCUT2D eigenvalue weighted by Crippen LogP contribution is -2.03. The monoisotopic (exact) mass is 237 g/mol. The molecule has 1 N–H and O–H groups in total. The summed E-state index contributed by atoms with van der Waals surface area (Å²) in [5, 5.41) is 17.7. The number of aromatic nitrogens is 3. The van der Waals surface area contributed by atoms with Crippen LogP contribution in [0.5, 0.6) is 0 Å². The molecule has 5 heteroatoms. The van der Waals surface area contributed by atoms with E-state index in [1.165, 1.54) is 0 Å². The van der Waals surface area contributed by atoms with Gasteiger partial charge in [0.25, 0.3) is 0 Å². The summed E-state index contributed by atoms with van der Waals surface area (Å²) < 4.78 is 1.85. The molecule has 0 fully saturated rings. The molecule has 84 valence electrons. The van der Waals surface area contributed by atoms with Crippen molar-refractivity contribution in [2.45, 2.75) is 20.1 Å². The lowest BCUT2D eigenvalue weighted by Gasteiger charge is -2.07. The smallest absolute Gasteiger partial charge is 0.165 e. The van der Waals surface area contributed by atoms with Crippen molar-refractivity contribution >= 4 is 11.6 Å². The Morgan fingerprint density at radius 2 is 2.06 bits per heavy atom. The minimum atomic E-state index is -0.120. The molecule has 0 amide bonds. The zero-order chi connectivity index (χ0) is 11.5. The van der Waals surface area contributed by atoms with Crippen LogP contribution in [0.4, 0.5) is 0 Å². The minimum Gasteiger partial charge on any atom is -0.388 e. The zero-order valence-electron chi connectivity index (χ0n) is 8.89. The molecule has 0 saturated heterocycles. The van der Waals surface area contributed by atoms with Gasteiger partial charge in [-0.1, -0.05) is 23.7 Å². The first-order valence-electron chi connectivity index (χ1n) is 5.05. The second kappa shape index (κ2) is 4.63. The van der Waals surface area contributed by atoms with E-state index in [9.17, 15) is 0 Å². The van der Waals surface area contributed by atoms with E-state index in [2.05, 4.69) is 10.2 Å². The highest BCUT2D eigenvalue weighted by Crippen LogP contribution is 2.26. The molecule has 0 atom stereocenters. The van der Waals surface area contributed by atoms with Crippen LogP contribution in [0.1, 0.15) is 12.7 Å². The first-order chi connectivity index (χ1) is 7.77. The summed E-state index contributed by atoms with van der Waals surface area (Å²) in [5.41, 5.74) is 0.832. The number of rotatable bonds is 3. The highest BCUT2D eigenvalue weighted by Gasteiger charge is 2.13. The van der Waals surface area contributed by atoms with Crippen molar-refractivity contribution in [1.29, 1.82) is 0 Å². The molecule has 1 heterocycles. The maximum atomic E-state index is 9.12. The van der Waals surface area contributed by atoms with Gasteiger partial charge in [0.1, 0.15) is 6.61 Å². The van der Waals surface area contributed by atoms with Crippen LogP contribution in [0.3, 0.4) is 0 Å². The van der Waals surface area contributed by atoms with E-state index in [4.69, 9.17) is 16.7 Å². The summed E-state index contributed by atoms with van der Waals surface area (Å²) in [4.78, 5) is 0. The van der Waals surface area contributed by atoms with Crippen LogP contribution in [-0.2, 0) is 13.2 Å². The second-order valence-corrected chi connectivity index (χ2v) is 3.73. The number of halogens is 1. The fourth-order valence-corrected chi connectivity index (χ4v) is 1.85. The molecule has 1 aromatic carbocycles. The lowest BCUT2D eigenvalue weighted by atomic mass is 10.2. The number of aliphatic hydroxyl groups is 1. The summed E-state index contributed by atoms with van der Waals surface area (Å²) in [6.07, 6.45) is 0. The van der Waals surface area contributed by atoms with E-state index in [-0.39, 0.29) is 6.61 Å². The van der Waals surface area contributed by atoms with Crippen LogP contribution < -0.4 is 0 Å². The molecule has 0 aliphatic heterocycles. The SMILES string of the molecule is CCn1c(CO)nnc1-c1ccccc1Cl. The highest BCUT2D eigenvalue weighted by molar-refractivity contribution is 6.33. The molecule has 4 nitrogen and oxygen atoms in total. The van der Waals surface area contributed by atoms with Gasteiger partial charge in [0.05, 0.1) is 5.02 Å². The summed E-state index contributed by atoms with van der Waals surface area (Å²) in [7, 11) is 0. The lowest BCUT2D eigenvalue weighted by molar-refractivity contribution is 0.265. The Morgan fingerprint density at radius 3 is 2.69 bits per heavy atom. The van der Waals surface area contributed by atoms with Crippen LogP contribution in [0.25, 0.3) is 11.4 Å². The third-order valence-electron chi connectivity index (χ3n) is 2.40. The summed E-state index contributed by atoms with van der Waals surface area (Å²) in [6, 6.07) is 7.46. The first-order valence-corrected chi connectivity index (χ1v) is 5.43. The Morgan fingerprint density at radius 1 is 1.31 bits per heavy atom. The van der Waals surface area contributed by atoms with Crippen LogP contribution >= 0.6 is 11.6 Å². The summed E-state index contributed by atoms with van der Waals surface area (Å²) in [6.45, 7) is 2.55. The highest BCUT2D eigenvalue weighted by atomic mass is 35.5. The van der Waals surface area contributed by atoms with Crippen LogP contribution in [0, 0.1) is 0 Å². The van der Waals surface area contributed by atoms with Gasteiger partial charge < -0.3 is 9.67 Å². The van der Waals surface area contributed by atoms with Gasteiger partial charge in [-0.3, -0.25) is 0 Å². The quantitative estimate of drug-likeness (QED) is 0.890. The van der Waals surface area contributed by atoms with Gasteiger partial charge in [-0.15, -0.1) is 10.2 Å². The molecule has 0 spiro atoms. The van der Waals surface area contributed by atoms with Gasteiger partial charge in [-0.2, -0.15) is 0 Å². The van der Waals surface area contributed by atoms with E-state index in [1.54, 1.807) is 0 Å². The largest absolute Gasteiger partial charge is 0.388 e. The van der Waals surface area contributed by atoms with Gasteiger partial charge in [0, 0.05) is 12.1 Å². The van der Waals surface area contributed by atoms with Crippen molar-refractivity contribution in [2.75, 3.05) is 0 Å². The van der Waals surface area contributed by atoms with E-state index in [0.717, 1.165) is 5.56 Å². The predicted molar refractivity (Wildman–Crippen MR) is 62.1 cm³/mol. The van der Waals surface area contributed by atoms with Crippen molar-refractivity contribution in [3.8, 4) is 11.4 Å². The average Bonchev–Trinajstić information content (AvgIpc) is 2.72. The number of hydrogen-bond donors (Lipinski definition) is 1. The number of nitrogens with zero attached hydrogens (tertiary/aromatic N) is 3.